The van der Waals surface area contributed by atoms with Gasteiger partial charge in [0.05, 0.1) is 17.8 Å². The summed E-state index contributed by atoms with van der Waals surface area (Å²) in [4.78, 5) is 12.7. The number of carbonyl (C=O) groups excluding carboxylic acids is 1. The van der Waals surface area contributed by atoms with E-state index >= 15 is 0 Å². The van der Waals surface area contributed by atoms with Gasteiger partial charge in [0.25, 0.3) is 0 Å². The standard InChI is InChI=1S/C20H29N5OS/c1-3-15(4-2)19(16-10-6-5-7-11-16)21-18(26)14-27-20-22-23-24-25(20)17-12-8-9-13-17/h5-7,10-11,15,17,19H,3-4,8-9,12-14H2,1-2H3,(H,21,26). The van der Waals surface area contributed by atoms with Crippen molar-refractivity contribution >= 4 is 17.7 Å². The van der Waals surface area contributed by atoms with Crippen LogP contribution < -0.4 is 5.32 Å². The summed E-state index contributed by atoms with van der Waals surface area (Å²) in [5.41, 5.74) is 1.17. The molecule has 0 spiro atoms. The molecule has 0 radical (unpaired) electrons. The molecule has 146 valence electrons. The first-order chi connectivity index (χ1) is 13.2. The topological polar surface area (TPSA) is 72.7 Å². The molecule has 0 saturated heterocycles. The molecular formula is C20H29N5OS. The summed E-state index contributed by atoms with van der Waals surface area (Å²) in [6.07, 6.45) is 6.75. The number of tetrazole rings is 1. The van der Waals surface area contributed by atoms with Crippen LogP contribution in [0.4, 0.5) is 0 Å². The molecule has 1 saturated carbocycles. The van der Waals surface area contributed by atoms with Crippen LogP contribution >= 0.6 is 11.8 Å². The van der Waals surface area contributed by atoms with Gasteiger partial charge in [0.15, 0.2) is 0 Å². The minimum Gasteiger partial charge on any atom is -0.348 e. The molecule has 6 nitrogen and oxygen atoms in total. The lowest BCUT2D eigenvalue weighted by Gasteiger charge is -2.27. The van der Waals surface area contributed by atoms with Crippen LogP contribution in [0.3, 0.4) is 0 Å². The second-order valence-electron chi connectivity index (χ2n) is 7.17. The smallest absolute Gasteiger partial charge is 0.230 e. The predicted molar refractivity (Wildman–Crippen MR) is 107 cm³/mol. The molecule has 0 bridgehead atoms. The highest BCUT2D eigenvalue weighted by atomic mass is 32.2. The van der Waals surface area contributed by atoms with Crippen LogP contribution in [0.2, 0.25) is 0 Å². The molecule has 1 N–H and O–H groups in total. The summed E-state index contributed by atoms with van der Waals surface area (Å²) in [6, 6.07) is 10.7. The van der Waals surface area contributed by atoms with Crippen LogP contribution in [0, 0.1) is 5.92 Å². The number of rotatable bonds is 9. The Labute approximate surface area is 165 Å². The fourth-order valence-corrected chi connectivity index (χ4v) is 4.65. The van der Waals surface area contributed by atoms with Crippen molar-refractivity contribution in [1.82, 2.24) is 25.5 Å². The maximum Gasteiger partial charge on any atom is 0.230 e. The molecule has 1 aromatic heterocycles. The molecule has 1 aliphatic rings. The Morgan fingerprint density at radius 1 is 1.22 bits per heavy atom. The summed E-state index contributed by atoms with van der Waals surface area (Å²) in [5.74, 6) is 0.781. The zero-order valence-electron chi connectivity index (χ0n) is 16.2. The molecule has 7 heteroatoms. The van der Waals surface area contributed by atoms with Gasteiger partial charge in [-0.15, -0.1) is 5.10 Å². The molecule has 1 atom stereocenters. The Hall–Kier alpha value is -1.89. The number of thioether (sulfide) groups is 1. The minimum absolute atomic E-state index is 0.0294. The normalized spacial score (nSPS) is 16.0. The molecule has 0 aliphatic heterocycles. The van der Waals surface area contributed by atoms with E-state index in [2.05, 4.69) is 46.8 Å². The first kappa shape index (κ1) is 19.9. The molecule has 3 rings (SSSR count). The highest BCUT2D eigenvalue weighted by Gasteiger charge is 2.24. The second kappa shape index (κ2) is 9.88. The van der Waals surface area contributed by atoms with Crippen LogP contribution in [0.25, 0.3) is 0 Å². The average molecular weight is 388 g/mol. The van der Waals surface area contributed by atoms with Crippen LogP contribution in [-0.2, 0) is 4.79 Å². The molecular weight excluding hydrogens is 358 g/mol. The quantitative estimate of drug-likeness (QED) is 0.654. The number of hydrogen-bond acceptors (Lipinski definition) is 5. The van der Waals surface area contributed by atoms with Gasteiger partial charge in [-0.05, 0) is 34.7 Å². The number of amides is 1. The van der Waals surface area contributed by atoms with Gasteiger partial charge in [-0.3, -0.25) is 4.79 Å². The Morgan fingerprint density at radius 2 is 1.93 bits per heavy atom. The number of nitrogens with zero attached hydrogens (tertiary/aromatic N) is 4. The van der Waals surface area contributed by atoms with Crippen molar-refractivity contribution in [3.63, 3.8) is 0 Å². The molecule has 27 heavy (non-hydrogen) atoms. The van der Waals surface area contributed by atoms with Crippen molar-refractivity contribution in [2.75, 3.05) is 5.75 Å². The van der Waals surface area contributed by atoms with E-state index in [1.807, 2.05) is 22.9 Å². The number of carbonyl (C=O) groups is 1. The highest BCUT2D eigenvalue weighted by Crippen LogP contribution is 2.31. The van der Waals surface area contributed by atoms with Crippen LogP contribution in [0.15, 0.2) is 35.5 Å². The van der Waals surface area contributed by atoms with Gasteiger partial charge < -0.3 is 5.32 Å². The molecule has 1 unspecified atom stereocenters. The Bertz CT molecular complexity index is 710. The van der Waals surface area contributed by atoms with Gasteiger partial charge in [-0.25, -0.2) is 4.68 Å². The van der Waals surface area contributed by atoms with E-state index in [0.717, 1.165) is 30.8 Å². The molecule has 1 amide bonds. The van der Waals surface area contributed by atoms with Gasteiger partial charge in [0, 0.05) is 0 Å². The van der Waals surface area contributed by atoms with Crippen molar-refractivity contribution in [1.29, 1.82) is 0 Å². The molecule has 1 fully saturated rings. The third-order valence-corrected chi connectivity index (χ3v) is 6.39. The fourth-order valence-electron chi connectivity index (χ4n) is 3.90. The lowest BCUT2D eigenvalue weighted by atomic mass is 9.89. The predicted octanol–water partition coefficient (Wildman–Crippen LogP) is 4.17. The number of hydrogen-bond donors (Lipinski definition) is 1. The van der Waals surface area contributed by atoms with Crippen molar-refractivity contribution in [2.24, 2.45) is 5.92 Å². The first-order valence-corrected chi connectivity index (χ1v) is 11.0. The molecule has 1 aliphatic carbocycles. The van der Waals surface area contributed by atoms with Gasteiger partial charge in [0.2, 0.25) is 11.1 Å². The first-order valence-electron chi connectivity index (χ1n) is 9.97. The Kier molecular flexibility index (Phi) is 7.26. The van der Waals surface area contributed by atoms with Gasteiger partial charge in [-0.2, -0.15) is 0 Å². The van der Waals surface area contributed by atoms with Crippen LogP contribution in [0.5, 0.6) is 0 Å². The van der Waals surface area contributed by atoms with Gasteiger partial charge in [0.1, 0.15) is 0 Å². The zero-order valence-corrected chi connectivity index (χ0v) is 17.0. The summed E-state index contributed by atoms with van der Waals surface area (Å²) in [6.45, 7) is 4.36. The summed E-state index contributed by atoms with van der Waals surface area (Å²) >= 11 is 1.43. The third-order valence-electron chi connectivity index (χ3n) is 5.46. The molecule has 2 aromatic rings. The highest BCUT2D eigenvalue weighted by molar-refractivity contribution is 7.99. The molecule has 1 heterocycles. The summed E-state index contributed by atoms with van der Waals surface area (Å²) in [7, 11) is 0. The van der Waals surface area contributed by atoms with Crippen molar-refractivity contribution in [2.45, 2.75) is 69.6 Å². The van der Waals surface area contributed by atoms with E-state index in [1.54, 1.807) is 0 Å². The maximum atomic E-state index is 12.7. The lowest BCUT2D eigenvalue weighted by molar-refractivity contribution is -0.119. The largest absolute Gasteiger partial charge is 0.348 e. The van der Waals surface area contributed by atoms with Gasteiger partial charge >= 0.3 is 0 Å². The summed E-state index contributed by atoms with van der Waals surface area (Å²) in [5, 5.41) is 16.1. The lowest BCUT2D eigenvalue weighted by Crippen LogP contribution is -2.34. The average Bonchev–Trinajstić information content (AvgIpc) is 3.38. The van der Waals surface area contributed by atoms with E-state index in [9.17, 15) is 4.79 Å². The van der Waals surface area contributed by atoms with E-state index < -0.39 is 0 Å². The molecule has 1 aromatic carbocycles. The van der Waals surface area contributed by atoms with E-state index in [4.69, 9.17) is 0 Å². The fraction of sp³-hybridized carbons (Fsp3) is 0.600. The number of benzene rings is 1. The number of nitrogens with one attached hydrogen (secondary N) is 1. The van der Waals surface area contributed by atoms with Crippen molar-refractivity contribution in [3.8, 4) is 0 Å². The van der Waals surface area contributed by atoms with Crippen molar-refractivity contribution < 1.29 is 4.79 Å². The van der Waals surface area contributed by atoms with E-state index in [-0.39, 0.29) is 11.9 Å². The summed E-state index contributed by atoms with van der Waals surface area (Å²) < 4.78 is 1.90. The Morgan fingerprint density at radius 3 is 2.59 bits per heavy atom. The third kappa shape index (κ3) is 5.09. The minimum atomic E-state index is 0.0294. The van der Waals surface area contributed by atoms with Crippen molar-refractivity contribution in [3.05, 3.63) is 35.9 Å². The SMILES string of the molecule is CCC(CC)C(NC(=O)CSc1nnnn1C1CCCC1)c1ccccc1. The number of aromatic nitrogens is 4. The van der Waals surface area contributed by atoms with Crippen LogP contribution in [0.1, 0.15) is 70.0 Å². The zero-order chi connectivity index (χ0) is 19.1. The Balaban J connectivity index is 1.62. The van der Waals surface area contributed by atoms with Gasteiger partial charge in [-0.1, -0.05) is 81.6 Å². The monoisotopic (exact) mass is 387 g/mol. The van der Waals surface area contributed by atoms with Crippen LogP contribution in [-0.4, -0.2) is 31.9 Å². The van der Waals surface area contributed by atoms with E-state index in [0.29, 0.717) is 17.7 Å². The van der Waals surface area contributed by atoms with E-state index in [1.165, 1.54) is 30.2 Å². The second-order valence-corrected chi connectivity index (χ2v) is 8.11. The maximum absolute atomic E-state index is 12.7.